The number of anilines is 1. The lowest BCUT2D eigenvalue weighted by Crippen LogP contribution is -2.47. The zero-order valence-corrected chi connectivity index (χ0v) is 15.4. The Labute approximate surface area is 158 Å². The maximum atomic E-state index is 12.3. The van der Waals surface area contributed by atoms with Gasteiger partial charge in [0.25, 0.3) is 5.91 Å². The van der Waals surface area contributed by atoms with Crippen molar-refractivity contribution < 1.29 is 19.1 Å². The van der Waals surface area contributed by atoms with Crippen LogP contribution in [0, 0.1) is 24.2 Å². The van der Waals surface area contributed by atoms with Crippen molar-refractivity contribution in [1.29, 1.82) is 5.26 Å². The number of nitrogens with zero attached hydrogens (tertiary/aromatic N) is 2. The molecule has 0 unspecified atom stereocenters. The first kappa shape index (κ1) is 18.9. The summed E-state index contributed by atoms with van der Waals surface area (Å²) in [6.07, 6.45) is 3.09. The highest BCUT2D eigenvalue weighted by Gasteiger charge is 2.38. The predicted octanol–water partition coefficient (Wildman–Crippen LogP) is 1.84. The average molecular weight is 369 g/mol. The number of amides is 2. The predicted molar refractivity (Wildman–Crippen MR) is 97.6 cm³/mol. The van der Waals surface area contributed by atoms with Crippen LogP contribution in [0.15, 0.2) is 24.3 Å². The molecule has 1 aliphatic heterocycles. The highest BCUT2D eigenvalue weighted by atomic mass is 16.5. The van der Waals surface area contributed by atoms with Crippen molar-refractivity contribution in [3.8, 4) is 6.07 Å². The first-order chi connectivity index (χ1) is 12.9. The summed E-state index contributed by atoms with van der Waals surface area (Å²) in [5.74, 6) is -1.78. The monoisotopic (exact) mass is 369 g/mol. The van der Waals surface area contributed by atoms with Gasteiger partial charge in [0.2, 0.25) is 5.91 Å². The Morgan fingerprint density at radius 1 is 1.30 bits per heavy atom. The van der Waals surface area contributed by atoms with Gasteiger partial charge in [0.1, 0.15) is 5.54 Å². The minimum Gasteiger partial charge on any atom is -0.455 e. The van der Waals surface area contributed by atoms with Crippen LogP contribution < -0.4 is 10.2 Å². The van der Waals surface area contributed by atoms with Crippen LogP contribution in [0.1, 0.15) is 37.7 Å². The van der Waals surface area contributed by atoms with E-state index in [0.717, 1.165) is 24.1 Å². The molecule has 0 radical (unpaired) electrons. The van der Waals surface area contributed by atoms with Crippen molar-refractivity contribution in [3.05, 3.63) is 29.8 Å². The van der Waals surface area contributed by atoms with Crippen LogP contribution in [-0.2, 0) is 19.1 Å². The van der Waals surface area contributed by atoms with Gasteiger partial charge in [-0.1, -0.05) is 17.7 Å². The van der Waals surface area contributed by atoms with Crippen molar-refractivity contribution in [3.63, 3.8) is 0 Å². The summed E-state index contributed by atoms with van der Waals surface area (Å²) in [5.41, 5.74) is 0.996. The Kier molecular flexibility index (Phi) is 5.45. The van der Waals surface area contributed by atoms with Crippen molar-refractivity contribution in [2.45, 2.75) is 44.6 Å². The van der Waals surface area contributed by atoms with Crippen LogP contribution in [0.25, 0.3) is 0 Å². The number of nitriles is 1. The van der Waals surface area contributed by atoms with E-state index < -0.39 is 29.9 Å². The maximum Gasteiger partial charge on any atom is 0.311 e. The maximum absolute atomic E-state index is 12.3. The zero-order chi connectivity index (χ0) is 19.4. The summed E-state index contributed by atoms with van der Waals surface area (Å²) in [5, 5.41) is 12.0. The summed E-state index contributed by atoms with van der Waals surface area (Å²) in [6.45, 7) is 1.77. The van der Waals surface area contributed by atoms with Gasteiger partial charge < -0.3 is 15.0 Å². The van der Waals surface area contributed by atoms with Gasteiger partial charge in [-0.2, -0.15) is 5.26 Å². The molecular formula is C20H23N3O4. The molecule has 1 saturated heterocycles. The van der Waals surface area contributed by atoms with Gasteiger partial charge in [-0.3, -0.25) is 14.4 Å². The Bertz CT molecular complexity index is 775. The molecule has 7 heteroatoms. The SMILES string of the molecule is Cc1ccc(N2C[C@H](C(=O)OCC(=O)NC3(C#N)CCCC3)CC2=O)cc1. The molecular weight excluding hydrogens is 346 g/mol. The first-order valence-electron chi connectivity index (χ1n) is 9.18. The average Bonchev–Trinajstić information content (AvgIpc) is 3.28. The molecule has 0 bridgehead atoms. The molecule has 142 valence electrons. The lowest BCUT2D eigenvalue weighted by molar-refractivity contribution is -0.152. The molecule has 1 saturated carbocycles. The van der Waals surface area contributed by atoms with Crippen LogP contribution >= 0.6 is 0 Å². The molecule has 1 aromatic rings. The molecule has 2 amide bonds. The Hall–Kier alpha value is -2.88. The van der Waals surface area contributed by atoms with Crippen molar-refractivity contribution in [2.24, 2.45) is 5.92 Å². The summed E-state index contributed by atoms with van der Waals surface area (Å²) in [4.78, 5) is 38.1. The van der Waals surface area contributed by atoms with Crippen molar-refractivity contribution in [1.82, 2.24) is 5.32 Å². The second-order valence-electron chi connectivity index (χ2n) is 7.30. The topological polar surface area (TPSA) is 99.5 Å². The van der Waals surface area contributed by atoms with Gasteiger partial charge >= 0.3 is 5.97 Å². The van der Waals surface area contributed by atoms with Gasteiger partial charge in [0.05, 0.1) is 12.0 Å². The third-order valence-corrected chi connectivity index (χ3v) is 5.20. The number of aryl methyl sites for hydroxylation is 1. The highest BCUT2D eigenvalue weighted by Crippen LogP contribution is 2.29. The van der Waals surface area contributed by atoms with E-state index in [1.807, 2.05) is 31.2 Å². The smallest absolute Gasteiger partial charge is 0.311 e. The molecule has 0 aromatic heterocycles. The summed E-state index contributed by atoms with van der Waals surface area (Å²) in [7, 11) is 0. The fourth-order valence-electron chi connectivity index (χ4n) is 3.64. The van der Waals surface area contributed by atoms with E-state index in [4.69, 9.17) is 4.74 Å². The summed E-state index contributed by atoms with van der Waals surface area (Å²) >= 11 is 0. The van der Waals surface area contributed by atoms with E-state index >= 15 is 0 Å². The molecule has 3 rings (SSSR count). The number of carbonyl (C=O) groups is 3. The van der Waals surface area contributed by atoms with Gasteiger partial charge in [0.15, 0.2) is 6.61 Å². The normalized spacial score (nSPS) is 21.0. The van der Waals surface area contributed by atoms with E-state index in [1.165, 1.54) is 0 Å². The van der Waals surface area contributed by atoms with Crippen LogP contribution in [0.2, 0.25) is 0 Å². The van der Waals surface area contributed by atoms with Crippen LogP contribution in [-0.4, -0.2) is 36.5 Å². The summed E-state index contributed by atoms with van der Waals surface area (Å²) < 4.78 is 5.10. The number of ether oxygens (including phenoxy) is 1. The molecule has 2 fully saturated rings. The van der Waals surface area contributed by atoms with Gasteiger partial charge in [0, 0.05) is 18.7 Å². The number of carbonyl (C=O) groups excluding carboxylic acids is 3. The number of benzene rings is 1. The molecule has 7 nitrogen and oxygen atoms in total. The van der Waals surface area contributed by atoms with Gasteiger partial charge in [-0.15, -0.1) is 0 Å². The number of rotatable bonds is 5. The molecule has 0 spiro atoms. The Morgan fingerprint density at radius 3 is 2.59 bits per heavy atom. The van der Waals surface area contributed by atoms with Crippen molar-refractivity contribution in [2.75, 3.05) is 18.1 Å². The minimum atomic E-state index is -0.838. The van der Waals surface area contributed by atoms with Crippen molar-refractivity contribution >= 4 is 23.5 Å². The molecule has 1 aromatic carbocycles. The number of hydrogen-bond acceptors (Lipinski definition) is 5. The van der Waals surface area contributed by atoms with E-state index in [2.05, 4.69) is 11.4 Å². The first-order valence-corrected chi connectivity index (χ1v) is 9.18. The van der Waals surface area contributed by atoms with Crippen LogP contribution in [0.5, 0.6) is 0 Å². The van der Waals surface area contributed by atoms with Crippen LogP contribution in [0.4, 0.5) is 5.69 Å². The zero-order valence-electron chi connectivity index (χ0n) is 15.4. The van der Waals surface area contributed by atoms with Gasteiger partial charge in [-0.25, -0.2) is 0 Å². The summed E-state index contributed by atoms with van der Waals surface area (Å²) in [6, 6.07) is 9.67. The Balaban J connectivity index is 1.51. The van der Waals surface area contributed by atoms with E-state index in [0.29, 0.717) is 12.8 Å². The molecule has 1 heterocycles. The second-order valence-corrected chi connectivity index (χ2v) is 7.30. The third-order valence-electron chi connectivity index (χ3n) is 5.20. The second kappa shape index (κ2) is 7.78. The Morgan fingerprint density at radius 2 is 1.96 bits per heavy atom. The molecule has 27 heavy (non-hydrogen) atoms. The lowest BCUT2D eigenvalue weighted by Gasteiger charge is -2.22. The fourth-order valence-corrected chi connectivity index (χ4v) is 3.64. The lowest BCUT2D eigenvalue weighted by atomic mass is 10.00. The molecule has 1 atom stereocenters. The number of esters is 1. The van der Waals surface area contributed by atoms with Crippen LogP contribution in [0.3, 0.4) is 0 Å². The molecule has 1 aliphatic carbocycles. The standard InChI is InChI=1S/C20H23N3O4/c1-14-4-6-16(7-5-14)23-11-15(10-18(23)25)19(26)27-12-17(24)22-20(13-21)8-2-3-9-20/h4-7,15H,2-3,8-12H2,1H3,(H,22,24)/t15-/m1/s1. The number of nitrogens with one attached hydrogen (secondary N) is 1. The highest BCUT2D eigenvalue weighted by molar-refractivity contribution is 5.99. The third kappa shape index (κ3) is 4.27. The minimum absolute atomic E-state index is 0.0659. The van der Waals surface area contributed by atoms with E-state index in [9.17, 15) is 19.6 Å². The number of hydrogen-bond donors (Lipinski definition) is 1. The van der Waals surface area contributed by atoms with E-state index in [-0.39, 0.29) is 18.9 Å². The van der Waals surface area contributed by atoms with Gasteiger partial charge in [-0.05, 0) is 44.7 Å². The van der Waals surface area contributed by atoms with E-state index in [1.54, 1.807) is 4.90 Å². The fraction of sp³-hybridized carbons (Fsp3) is 0.500. The molecule has 1 N–H and O–H groups in total. The largest absolute Gasteiger partial charge is 0.455 e. The quantitative estimate of drug-likeness (QED) is 0.799. The molecule has 2 aliphatic rings.